The van der Waals surface area contributed by atoms with Gasteiger partial charge in [-0.2, -0.15) is 12.6 Å². The molecule has 0 aliphatic carbocycles. The summed E-state index contributed by atoms with van der Waals surface area (Å²) in [6.45, 7) is 0. The lowest BCUT2D eigenvalue weighted by molar-refractivity contribution is 0.0696. The summed E-state index contributed by atoms with van der Waals surface area (Å²) in [5.74, 6) is -0.498. The van der Waals surface area contributed by atoms with Crippen molar-refractivity contribution >= 4 is 24.4 Å². The fraction of sp³-hybridized carbons (Fsp3) is 0.0667. The van der Waals surface area contributed by atoms with Crippen LogP contribution in [-0.2, 0) is 5.75 Å². The minimum Gasteiger partial charge on any atom is -0.478 e. The minimum absolute atomic E-state index is 0.123. The fourth-order valence-electron chi connectivity index (χ4n) is 1.69. The Bertz CT molecular complexity index is 600. The smallest absolute Gasteiger partial charge is 0.335 e. The molecule has 0 saturated carbocycles. The molecule has 0 aliphatic rings. The molecule has 0 heterocycles. The van der Waals surface area contributed by atoms with Gasteiger partial charge in [0.2, 0.25) is 0 Å². The van der Waals surface area contributed by atoms with Gasteiger partial charge in [0.05, 0.1) is 5.56 Å². The fourth-order valence-corrected chi connectivity index (χ4v) is 1.90. The van der Waals surface area contributed by atoms with Crippen LogP contribution in [0, 0.1) is 0 Å². The molecule has 0 spiro atoms. The standard InChI is InChI=1S/C15H12O3S/c16-14(11-3-1-10(9-19)2-4-11)12-5-7-13(8-6-12)15(17)18/h1-8,19H,9H2,(H,17,18). The zero-order valence-corrected chi connectivity index (χ0v) is 10.9. The van der Waals surface area contributed by atoms with Crippen LogP contribution in [0.2, 0.25) is 0 Å². The summed E-state index contributed by atoms with van der Waals surface area (Å²) in [6.07, 6.45) is 0. The van der Waals surface area contributed by atoms with Gasteiger partial charge in [0.1, 0.15) is 0 Å². The van der Waals surface area contributed by atoms with Gasteiger partial charge in [-0.15, -0.1) is 0 Å². The highest BCUT2D eigenvalue weighted by molar-refractivity contribution is 7.79. The molecule has 4 heteroatoms. The minimum atomic E-state index is -1.00. The first-order valence-corrected chi connectivity index (χ1v) is 6.33. The van der Waals surface area contributed by atoms with Crippen molar-refractivity contribution in [2.45, 2.75) is 5.75 Å². The van der Waals surface area contributed by atoms with Crippen molar-refractivity contribution in [3.8, 4) is 0 Å². The summed E-state index contributed by atoms with van der Waals surface area (Å²) in [7, 11) is 0. The number of thiol groups is 1. The third-order valence-corrected chi connectivity index (χ3v) is 3.16. The summed E-state index contributed by atoms with van der Waals surface area (Å²) in [5, 5.41) is 8.80. The first kappa shape index (κ1) is 13.4. The number of ketones is 1. The molecule has 96 valence electrons. The van der Waals surface area contributed by atoms with E-state index in [1.165, 1.54) is 24.3 Å². The van der Waals surface area contributed by atoms with Crippen molar-refractivity contribution in [3.05, 3.63) is 70.8 Å². The number of carboxylic acids is 1. The van der Waals surface area contributed by atoms with E-state index >= 15 is 0 Å². The van der Waals surface area contributed by atoms with Gasteiger partial charge in [-0.3, -0.25) is 4.79 Å². The number of hydrogen-bond donors (Lipinski definition) is 2. The molecule has 1 N–H and O–H groups in total. The Morgan fingerprint density at radius 3 is 1.68 bits per heavy atom. The number of benzene rings is 2. The normalized spacial score (nSPS) is 10.2. The van der Waals surface area contributed by atoms with E-state index in [2.05, 4.69) is 12.6 Å². The number of aromatic carboxylic acids is 1. The third-order valence-electron chi connectivity index (χ3n) is 2.79. The highest BCUT2D eigenvalue weighted by Crippen LogP contribution is 2.13. The molecule has 0 radical (unpaired) electrons. The van der Waals surface area contributed by atoms with Crippen molar-refractivity contribution in [3.63, 3.8) is 0 Å². The van der Waals surface area contributed by atoms with E-state index in [4.69, 9.17) is 5.11 Å². The largest absolute Gasteiger partial charge is 0.478 e. The molecule has 2 aromatic rings. The third kappa shape index (κ3) is 3.03. The maximum absolute atomic E-state index is 12.2. The van der Waals surface area contributed by atoms with Crippen LogP contribution in [0.3, 0.4) is 0 Å². The van der Waals surface area contributed by atoms with Crippen LogP contribution >= 0.6 is 12.6 Å². The lowest BCUT2D eigenvalue weighted by Crippen LogP contribution is -2.03. The van der Waals surface area contributed by atoms with Gasteiger partial charge in [0, 0.05) is 16.9 Å². The molecule has 0 amide bonds. The molecule has 3 nitrogen and oxygen atoms in total. The van der Waals surface area contributed by atoms with Gasteiger partial charge in [0.25, 0.3) is 0 Å². The molecule has 0 unspecified atom stereocenters. The van der Waals surface area contributed by atoms with Gasteiger partial charge in [-0.1, -0.05) is 36.4 Å². The van der Waals surface area contributed by atoms with Crippen LogP contribution in [-0.4, -0.2) is 16.9 Å². The van der Waals surface area contributed by atoms with Gasteiger partial charge in [0.15, 0.2) is 5.78 Å². The predicted molar refractivity (Wildman–Crippen MR) is 76.0 cm³/mol. The molecule has 0 aliphatic heterocycles. The molecular formula is C15H12O3S. The highest BCUT2D eigenvalue weighted by Gasteiger charge is 2.10. The summed E-state index contributed by atoms with van der Waals surface area (Å²) in [4.78, 5) is 22.9. The number of carbonyl (C=O) groups is 2. The highest BCUT2D eigenvalue weighted by atomic mass is 32.1. The average Bonchev–Trinajstić information content (AvgIpc) is 2.46. The van der Waals surface area contributed by atoms with E-state index in [9.17, 15) is 9.59 Å². The molecule has 19 heavy (non-hydrogen) atoms. The van der Waals surface area contributed by atoms with Crippen molar-refractivity contribution < 1.29 is 14.7 Å². The molecule has 2 rings (SSSR count). The van der Waals surface area contributed by atoms with E-state index in [-0.39, 0.29) is 11.3 Å². The maximum atomic E-state index is 12.2. The van der Waals surface area contributed by atoms with E-state index in [0.29, 0.717) is 16.9 Å². The number of carbonyl (C=O) groups excluding carboxylic acids is 1. The lowest BCUT2D eigenvalue weighted by atomic mass is 10.0. The Kier molecular flexibility index (Phi) is 4.02. The molecule has 0 fully saturated rings. The van der Waals surface area contributed by atoms with Crippen molar-refractivity contribution in [2.24, 2.45) is 0 Å². The molecule has 0 atom stereocenters. The van der Waals surface area contributed by atoms with E-state index in [0.717, 1.165) is 5.56 Å². The molecule has 0 bridgehead atoms. The second kappa shape index (κ2) is 5.71. The topological polar surface area (TPSA) is 54.4 Å². The first-order chi connectivity index (χ1) is 9.11. The Morgan fingerprint density at radius 1 is 0.842 bits per heavy atom. The number of rotatable bonds is 4. The Hall–Kier alpha value is -2.07. The first-order valence-electron chi connectivity index (χ1n) is 5.69. The monoisotopic (exact) mass is 272 g/mol. The Morgan fingerprint density at radius 2 is 1.26 bits per heavy atom. The SMILES string of the molecule is O=C(O)c1ccc(C(=O)c2ccc(CS)cc2)cc1. The van der Waals surface area contributed by atoms with Crippen LogP contribution in [0.25, 0.3) is 0 Å². The molecular weight excluding hydrogens is 260 g/mol. The van der Waals surface area contributed by atoms with Gasteiger partial charge in [-0.05, 0) is 17.7 Å². The van der Waals surface area contributed by atoms with Crippen LogP contribution in [0.15, 0.2) is 48.5 Å². The average molecular weight is 272 g/mol. The molecule has 0 aromatic heterocycles. The van der Waals surface area contributed by atoms with Gasteiger partial charge >= 0.3 is 5.97 Å². The van der Waals surface area contributed by atoms with Gasteiger partial charge in [-0.25, -0.2) is 4.79 Å². The second-order valence-corrected chi connectivity index (χ2v) is 4.38. The summed E-state index contributed by atoms with van der Waals surface area (Å²) in [6, 6.07) is 13.1. The predicted octanol–water partition coefficient (Wildman–Crippen LogP) is 3.05. The van der Waals surface area contributed by atoms with Crippen molar-refractivity contribution in [1.82, 2.24) is 0 Å². The Labute approximate surface area is 116 Å². The zero-order valence-electron chi connectivity index (χ0n) is 10.0. The van der Waals surface area contributed by atoms with E-state index in [1.807, 2.05) is 12.1 Å². The molecule has 2 aromatic carbocycles. The van der Waals surface area contributed by atoms with Crippen molar-refractivity contribution in [1.29, 1.82) is 0 Å². The van der Waals surface area contributed by atoms with E-state index < -0.39 is 5.97 Å². The van der Waals surface area contributed by atoms with E-state index in [1.54, 1.807) is 12.1 Å². The number of hydrogen-bond acceptors (Lipinski definition) is 3. The second-order valence-electron chi connectivity index (χ2n) is 4.07. The van der Waals surface area contributed by atoms with Crippen LogP contribution in [0.4, 0.5) is 0 Å². The molecule has 0 saturated heterocycles. The Balaban J connectivity index is 2.25. The lowest BCUT2D eigenvalue weighted by Gasteiger charge is -2.03. The summed E-state index contributed by atoms with van der Waals surface area (Å²) >= 11 is 4.16. The quantitative estimate of drug-likeness (QED) is 0.664. The maximum Gasteiger partial charge on any atom is 0.335 e. The van der Waals surface area contributed by atoms with Crippen LogP contribution in [0.1, 0.15) is 31.8 Å². The summed E-state index contributed by atoms with van der Waals surface area (Å²) < 4.78 is 0. The zero-order chi connectivity index (χ0) is 13.8. The van der Waals surface area contributed by atoms with Crippen molar-refractivity contribution in [2.75, 3.05) is 0 Å². The summed E-state index contributed by atoms with van der Waals surface area (Å²) in [5.41, 5.74) is 2.26. The van der Waals surface area contributed by atoms with Crippen LogP contribution in [0.5, 0.6) is 0 Å². The number of carboxylic acid groups (broad SMARTS) is 1. The van der Waals surface area contributed by atoms with Gasteiger partial charge < -0.3 is 5.11 Å². The van der Waals surface area contributed by atoms with Crippen LogP contribution < -0.4 is 0 Å².